The van der Waals surface area contributed by atoms with Gasteiger partial charge in [0.2, 0.25) is 0 Å². The smallest absolute Gasteiger partial charge is 0.0283 e. The molecule has 1 rings (SSSR count). The standard InChI is InChI=1S/C8H12.C4H8/c1-7-3-5-8(2)6-4-7;1-3-4-2/h3,5H,4,6H2,1-2H3;3H,1,4H2,2H3. The van der Waals surface area contributed by atoms with Gasteiger partial charge in [-0.25, -0.2) is 0 Å². The van der Waals surface area contributed by atoms with E-state index in [1.807, 2.05) is 6.08 Å². The Morgan fingerprint density at radius 2 is 1.58 bits per heavy atom. The van der Waals surface area contributed by atoms with Gasteiger partial charge < -0.3 is 0 Å². The molecular formula is C12H20. The lowest BCUT2D eigenvalue weighted by atomic mass is 10.0. The summed E-state index contributed by atoms with van der Waals surface area (Å²) in [5.74, 6) is 0. The lowest BCUT2D eigenvalue weighted by molar-refractivity contribution is 0.906. The highest BCUT2D eigenvalue weighted by Gasteiger charge is 1.95. The predicted octanol–water partition coefficient (Wildman–Crippen LogP) is 4.26. The summed E-state index contributed by atoms with van der Waals surface area (Å²) in [6.45, 7) is 9.91. The minimum Gasteiger partial charge on any atom is -0.103 e. The van der Waals surface area contributed by atoms with Gasteiger partial charge in [0.15, 0.2) is 0 Å². The molecule has 0 saturated heterocycles. The van der Waals surface area contributed by atoms with Gasteiger partial charge in [-0.05, 0) is 33.1 Å². The Labute approximate surface area is 76.7 Å². The third-order valence-corrected chi connectivity index (χ3v) is 1.85. The molecule has 0 N–H and O–H groups in total. The third kappa shape index (κ3) is 5.96. The molecule has 0 unspecified atom stereocenters. The summed E-state index contributed by atoms with van der Waals surface area (Å²) in [7, 11) is 0. The highest BCUT2D eigenvalue weighted by Crippen LogP contribution is 2.15. The second-order valence-electron chi connectivity index (χ2n) is 3.22. The van der Waals surface area contributed by atoms with E-state index in [-0.39, 0.29) is 0 Å². The molecule has 0 amide bonds. The Morgan fingerprint density at radius 1 is 1.25 bits per heavy atom. The van der Waals surface area contributed by atoms with E-state index < -0.39 is 0 Å². The van der Waals surface area contributed by atoms with Gasteiger partial charge in [0.25, 0.3) is 0 Å². The summed E-state index contributed by atoms with van der Waals surface area (Å²) in [6, 6.07) is 0. The SMILES string of the molecule is C=CCC.CC1=CC=C(C)CC1. The Kier molecular flexibility index (Phi) is 6.45. The molecule has 0 aromatic rings. The summed E-state index contributed by atoms with van der Waals surface area (Å²) in [6.07, 6.45) is 9.91. The molecule has 0 atom stereocenters. The summed E-state index contributed by atoms with van der Waals surface area (Å²) in [4.78, 5) is 0. The van der Waals surface area contributed by atoms with Gasteiger partial charge >= 0.3 is 0 Å². The molecule has 0 nitrogen and oxygen atoms in total. The Bertz CT molecular complexity index is 164. The van der Waals surface area contributed by atoms with E-state index >= 15 is 0 Å². The Hall–Kier alpha value is -0.780. The zero-order valence-electron chi connectivity index (χ0n) is 8.56. The molecule has 0 bridgehead atoms. The summed E-state index contributed by atoms with van der Waals surface area (Å²) < 4.78 is 0. The maximum absolute atomic E-state index is 3.48. The van der Waals surface area contributed by atoms with Crippen molar-refractivity contribution in [1.29, 1.82) is 0 Å². The fraction of sp³-hybridized carbons (Fsp3) is 0.500. The second-order valence-corrected chi connectivity index (χ2v) is 3.22. The maximum Gasteiger partial charge on any atom is -0.0283 e. The average molecular weight is 164 g/mol. The average Bonchev–Trinajstić information content (AvgIpc) is 2.11. The van der Waals surface area contributed by atoms with Crippen molar-refractivity contribution in [2.75, 3.05) is 0 Å². The molecule has 0 aromatic carbocycles. The molecule has 0 fully saturated rings. The van der Waals surface area contributed by atoms with Crippen LogP contribution in [-0.2, 0) is 0 Å². The van der Waals surface area contributed by atoms with E-state index in [1.54, 1.807) is 0 Å². The highest BCUT2D eigenvalue weighted by atomic mass is 14.0. The number of hydrogen-bond donors (Lipinski definition) is 0. The van der Waals surface area contributed by atoms with Crippen molar-refractivity contribution in [2.24, 2.45) is 0 Å². The summed E-state index contributed by atoms with van der Waals surface area (Å²) in [5, 5.41) is 0. The fourth-order valence-corrected chi connectivity index (χ4v) is 0.846. The molecule has 68 valence electrons. The first-order valence-electron chi connectivity index (χ1n) is 4.64. The van der Waals surface area contributed by atoms with Crippen molar-refractivity contribution < 1.29 is 0 Å². The molecule has 0 aromatic heterocycles. The summed E-state index contributed by atoms with van der Waals surface area (Å²) in [5.41, 5.74) is 3.02. The Morgan fingerprint density at radius 3 is 1.75 bits per heavy atom. The first-order valence-corrected chi connectivity index (χ1v) is 4.64. The predicted molar refractivity (Wildman–Crippen MR) is 57.2 cm³/mol. The second kappa shape index (κ2) is 6.90. The van der Waals surface area contributed by atoms with Crippen LogP contribution in [0.4, 0.5) is 0 Å². The molecule has 0 saturated carbocycles. The molecule has 0 spiro atoms. The van der Waals surface area contributed by atoms with Crippen molar-refractivity contribution in [1.82, 2.24) is 0 Å². The highest BCUT2D eigenvalue weighted by molar-refractivity contribution is 5.20. The minimum absolute atomic E-state index is 1.08. The molecule has 0 heteroatoms. The van der Waals surface area contributed by atoms with Crippen LogP contribution in [0.5, 0.6) is 0 Å². The fourth-order valence-electron chi connectivity index (χ4n) is 0.846. The van der Waals surface area contributed by atoms with E-state index in [4.69, 9.17) is 0 Å². The van der Waals surface area contributed by atoms with Crippen LogP contribution < -0.4 is 0 Å². The van der Waals surface area contributed by atoms with Gasteiger partial charge in [0, 0.05) is 0 Å². The van der Waals surface area contributed by atoms with E-state index in [9.17, 15) is 0 Å². The molecule has 12 heavy (non-hydrogen) atoms. The molecule has 1 aliphatic carbocycles. The van der Waals surface area contributed by atoms with Crippen LogP contribution in [0, 0.1) is 0 Å². The van der Waals surface area contributed by atoms with Crippen molar-refractivity contribution in [3.8, 4) is 0 Å². The number of hydrogen-bond acceptors (Lipinski definition) is 0. The van der Waals surface area contributed by atoms with Crippen molar-refractivity contribution in [3.05, 3.63) is 36.0 Å². The van der Waals surface area contributed by atoms with E-state index in [1.165, 1.54) is 24.0 Å². The topological polar surface area (TPSA) is 0 Å². The van der Waals surface area contributed by atoms with Gasteiger partial charge in [-0.3, -0.25) is 0 Å². The van der Waals surface area contributed by atoms with Crippen molar-refractivity contribution in [3.63, 3.8) is 0 Å². The zero-order chi connectivity index (χ0) is 9.40. The van der Waals surface area contributed by atoms with Crippen molar-refractivity contribution >= 4 is 0 Å². The van der Waals surface area contributed by atoms with E-state index in [0.717, 1.165) is 6.42 Å². The van der Waals surface area contributed by atoms with Crippen LogP contribution in [0.25, 0.3) is 0 Å². The van der Waals surface area contributed by atoms with Gasteiger partial charge in [-0.2, -0.15) is 0 Å². The van der Waals surface area contributed by atoms with Gasteiger partial charge in [-0.1, -0.05) is 36.3 Å². The van der Waals surface area contributed by atoms with Crippen LogP contribution >= 0.6 is 0 Å². The largest absolute Gasteiger partial charge is 0.103 e. The van der Waals surface area contributed by atoms with E-state index in [0.29, 0.717) is 0 Å². The quantitative estimate of drug-likeness (QED) is 0.508. The van der Waals surface area contributed by atoms with Crippen LogP contribution in [0.3, 0.4) is 0 Å². The van der Waals surface area contributed by atoms with Crippen LogP contribution in [-0.4, -0.2) is 0 Å². The monoisotopic (exact) mass is 164 g/mol. The van der Waals surface area contributed by atoms with Crippen molar-refractivity contribution in [2.45, 2.75) is 40.0 Å². The lowest BCUT2D eigenvalue weighted by Crippen LogP contribution is -1.85. The Balaban J connectivity index is 0.000000261. The molecular weight excluding hydrogens is 144 g/mol. The van der Waals surface area contributed by atoms with Gasteiger partial charge in [-0.15, -0.1) is 6.58 Å². The van der Waals surface area contributed by atoms with E-state index in [2.05, 4.69) is 39.5 Å². The minimum atomic E-state index is 1.08. The number of rotatable bonds is 1. The molecule has 0 aliphatic heterocycles. The zero-order valence-corrected chi connectivity index (χ0v) is 8.56. The van der Waals surface area contributed by atoms with Gasteiger partial charge in [0.05, 0.1) is 0 Å². The molecule has 0 heterocycles. The first-order chi connectivity index (χ1) is 5.70. The van der Waals surface area contributed by atoms with Gasteiger partial charge in [0.1, 0.15) is 0 Å². The third-order valence-electron chi connectivity index (χ3n) is 1.85. The van der Waals surface area contributed by atoms with Crippen LogP contribution in [0.15, 0.2) is 36.0 Å². The molecule has 0 radical (unpaired) electrons. The number of allylic oxidation sites excluding steroid dienone is 5. The first kappa shape index (κ1) is 11.2. The summed E-state index contributed by atoms with van der Waals surface area (Å²) >= 11 is 0. The van der Waals surface area contributed by atoms with Crippen LogP contribution in [0.2, 0.25) is 0 Å². The molecule has 1 aliphatic rings. The maximum atomic E-state index is 3.48. The normalized spacial score (nSPS) is 15.2. The lowest BCUT2D eigenvalue weighted by Gasteiger charge is -2.05. The van der Waals surface area contributed by atoms with Crippen LogP contribution in [0.1, 0.15) is 40.0 Å².